The van der Waals surface area contributed by atoms with E-state index in [1.54, 1.807) is 18.0 Å². The number of rotatable bonds is 5. The van der Waals surface area contributed by atoms with E-state index in [4.69, 9.17) is 10.5 Å². The molecule has 0 unspecified atom stereocenters. The van der Waals surface area contributed by atoms with Crippen LogP contribution in [0, 0.1) is 5.82 Å². The lowest BCUT2D eigenvalue weighted by molar-refractivity contribution is 0.0535. The number of halogens is 1. The molecular formula is C15H19FN2O2S. The van der Waals surface area contributed by atoms with Crippen LogP contribution in [-0.2, 0) is 4.74 Å². The fourth-order valence-corrected chi connectivity index (χ4v) is 3.05. The Hall–Kier alpha value is -1.66. The maximum absolute atomic E-state index is 13.3. The lowest BCUT2D eigenvalue weighted by atomic mass is 10.2. The van der Waals surface area contributed by atoms with Crippen molar-refractivity contribution in [3.05, 3.63) is 28.9 Å². The van der Waals surface area contributed by atoms with Crippen LogP contribution in [0.25, 0.3) is 10.1 Å². The number of hydrogen-bond donors (Lipinski definition) is 1. The van der Waals surface area contributed by atoms with E-state index in [1.807, 2.05) is 13.8 Å². The van der Waals surface area contributed by atoms with E-state index in [0.717, 1.165) is 4.70 Å². The fraction of sp³-hybridized carbons (Fsp3) is 0.400. The second-order valence-corrected chi connectivity index (χ2v) is 6.18. The Morgan fingerprint density at radius 1 is 1.48 bits per heavy atom. The van der Waals surface area contributed by atoms with Crippen LogP contribution in [0.5, 0.6) is 0 Å². The average Bonchev–Trinajstić information content (AvgIpc) is 2.74. The first-order valence-corrected chi connectivity index (χ1v) is 7.56. The maximum Gasteiger partial charge on any atom is 0.265 e. The lowest BCUT2D eigenvalue weighted by Crippen LogP contribution is -2.30. The molecule has 0 saturated carbocycles. The van der Waals surface area contributed by atoms with Gasteiger partial charge in [0.2, 0.25) is 0 Å². The molecule has 6 heteroatoms. The molecule has 0 radical (unpaired) electrons. The molecule has 1 amide bonds. The molecule has 0 aliphatic rings. The first-order valence-electron chi connectivity index (χ1n) is 6.74. The third-order valence-corrected chi connectivity index (χ3v) is 4.28. The fourth-order valence-electron chi connectivity index (χ4n) is 1.95. The third kappa shape index (κ3) is 3.51. The van der Waals surface area contributed by atoms with Crippen molar-refractivity contribution in [3.63, 3.8) is 0 Å². The Morgan fingerprint density at radius 2 is 2.19 bits per heavy atom. The Balaban J connectivity index is 2.17. The minimum absolute atomic E-state index is 0.130. The molecule has 0 bridgehead atoms. The summed E-state index contributed by atoms with van der Waals surface area (Å²) in [5.41, 5.74) is 6.33. The number of nitrogen functional groups attached to an aromatic ring is 1. The molecule has 0 aliphatic heterocycles. The van der Waals surface area contributed by atoms with Gasteiger partial charge in [0, 0.05) is 23.7 Å². The number of carbonyl (C=O) groups excluding carboxylic acids is 1. The topological polar surface area (TPSA) is 55.6 Å². The summed E-state index contributed by atoms with van der Waals surface area (Å²) in [6, 6.07) is 4.37. The molecule has 2 rings (SSSR count). The van der Waals surface area contributed by atoms with Crippen LogP contribution in [0.3, 0.4) is 0 Å². The van der Waals surface area contributed by atoms with E-state index in [-0.39, 0.29) is 17.8 Å². The molecule has 1 heterocycles. The molecule has 0 aliphatic carbocycles. The van der Waals surface area contributed by atoms with Crippen molar-refractivity contribution in [2.45, 2.75) is 20.0 Å². The molecule has 1 aromatic carbocycles. The van der Waals surface area contributed by atoms with Gasteiger partial charge in [0.05, 0.1) is 18.4 Å². The maximum atomic E-state index is 13.3. The molecule has 0 atom stereocenters. The van der Waals surface area contributed by atoms with E-state index in [2.05, 4.69) is 0 Å². The van der Waals surface area contributed by atoms with Crippen LogP contribution in [0.15, 0.2) is 18.2 Å². The quantitative estimate of drug-likeness (QED) is 0.923. The largest absolute Gasteiger partial charge is 0.397 e. The first-order chi connectivity index (χ1) is 9.90. The average molecular weight is 310 g/mol. The normalized spacial score (nSPS) is 11.3. The Morgan fingerprint density at radius 3 is 2.86 bits per heavy atom. The number of amides is 1. The van der Waals surface area contributed by atoms with Crippen molar-refractivity contribution < 1.29 is 13.9 Å². The number of ether oxygens (including phenoxy) is 1. The van der Waals surface area contributed by atoms with Gasteiger partial charge in [-0.15, -0.1) is 11.3 Å². The van der Waals surface area contributed by atoms with E-state index < -0.39 is 0 Å². The lowest BCUT2D eigenvalue weighted by Gasteiger charge is -2.17. The predicted molar refractivity (Wildman–Crippen MR) is 84.2 cm³/mol. The molecule has 114 valence electrons. The third-order valence-electron chi connectivity index (χ3n) is 3.11. The second-order valence-electron chi connectivity index (χ2n) is 5.13. The molecule has 0 spiro atoms. The summed E-state index contributed by atoms with van der Waals surface area (Å²) in [6.07, 6.45) is 0.130. The van der Waals surface area contributed by atoms with Crippen molar-refractivity contribution in [3.8, 4) is 0 Å². The summed E-state index contributed by atoms with van der Waals surface area (Å²) in [5, 5.41) is 0.593. The van der Waals surface area contributed by atoms with Gasteiger partial charge in [0.1, 0.15) is 10.7 Å². The molecule has 21 heavy (non-hydrogen) atoms. The van der Waals surface area contributed by atoms with E-state index in [1.165, 1.54) is 23.5 Å². The molecular weight excluding hydrogens is 291 g/mol. The van der Waals surface area contributed by atoms with Crippen LogP contribution >= 0.6 is 11.3 Å². The van der Waals surface area contributed by atoms with Crippen LogP contribution in [0.1, 0.15) is 23.5 Å². The van der Waals surface area contributed by atoms with Crippen LogP contribution in [0.2, 0.25) is 0 Å². The SMILES string of the molecule is CC(C)OCCN(C)C(=O)c1sc2ccc(F)cc2c1N. The Bertz CT molecular complexity index is 654. The van der Waals surface area contributed by atoms with Crippen molar-refractivity contribution in [2.75, 3.05) is 25.9 Å². The molecule has 2 aromatic rings. The summed E-state index contributed by atoms with van der Waals surface area (Å²) < 4.78 is 19.5. The highest BCUT2D eigenvalue weighted by Crippen LogP contribution is 2.34. The monoisotopic (exact) mass is 310 g/mol. The highest BCUT2D eigenvalue weighted by molar-refractivity contribution is 7.21. The highest BCUT2D eigenvalue weighted by atomic mass is 32.1. The van der Waals surface area contributed by atoms with E-state index in [0.29, 0.717) is 29.1 Å². The number of fused-ring (bicyclic) bond motifs is 1. The van der Waals surface area contributed by atoms with Gasteiger partial charge in [-0.3, -0.25) is 4.79 Å². The zero-order valence-electron chi connectivity index (χ0n) is 12.4. The van der Waals surface area contributed by atoms with Crippen molar-refractivity contribution in [1.82, 2.24) is 4.90 Å². The summed E-state index contributed by atoms with van der Waals surface area (Å²) in [6.45, 7) is 4.85. The summed E-state index contributed by atoms with van der Waals surface area (Å²) in [7, 11) is 1.70. The molecule has 0 fully saturated rings. The van der Waals surface area contributed by atoms with Gasteiger partial charge >= 0.3 is 0 Å². The zero-order valence-corrected chi connectivity index (χ0v) is 13.2. The number of benzene rings is 1. The number of hydrogen-bond acceptors (Lipinski definition) is 4. The molecule has 4 nitrogen and oxygen atoms in total. The molecule has 1 aromatic heterocycles. The number of anilines is 1. The second kappa shape index (κ2) is 6.41. The molecule has 2 N–H and O–H groups in total. The number of likely N-dealkylation sites (N-methyl/N-ethyl adjacent to an activating group) is 1. The van der Waals surface area contributed by atoms with E-state index in [9.17, 15) is 9.18 Å². The summed E-state index contributed by atoms with van der Waals surface area (Å²) in [4.78, 5) is 14.4. The van der Waals surface area contributed by atoms with Gasteiger partial charge < -0.3 is 15.4 Å². The Kier molecular flexibility index (Phi) is 4.80. The van der Waals surface area contributed by atoms with Gasteiger partial charge in [0.25, 0.3) is 5.91 Å². The number of nitrogens with zero attached hydrogens (tertiary/aromatic N) is 1. The van der Waals surface area contributed by atoms with Crippen LogP contribution < -0.4 is 5.73 Å². The van der Waals surface area contributed by atoms with Gasteiger partial charge in [-0.1, -0.05) is 0 Å². The highest BCUT2D eigenvalue weighted by Gasteiger charge is 2.20. The van der Waals surface area contributed by atoms with Crippen LogP contribution in [0.4, 0.5) is 10.1 Å². The first kappa shape index (κ1) is 15.7. The number of thiophene rings is 1. The molecule has 0 saturated heterocycles. The summed E-state index contributed by atoms with van der Waals surface area (Å²) in [5.74, 6) is -0.522. The number of nitrogens with two attached hydrogens (primary N) is 1. The van der Waals surface area contributed by atoms with Gasteiger partial charge in [-0.2, -0.15) is 0 Å². The van der Waals surface area contributed by atoms with Crippen molar-refractivity contribution in [1.29, 1.82) is 0 Å². The van der Waals surface area contributed by atoms with E-state index >= 15 is 0 Å². The van der Waals surface area contributed by atoms with Crippen LogP contribution in [-0.4, -0.2) is 37.1 Å². The van der Waals surface area contributed by atoms with Gasteiger partial charge in [-0.05, 0) is 32.0 Å². The summed E-state index contributed by atoms with van der Waals surface area (Å²) >= 11 is 1.29. The number of carbonyl (C=O) groups is 1. The smallest absolute Gasteiger partial charge is 0.265 e. The zero-order chi connectivity index (χ0) is 15.6. The van der Waals surface area contributed by atoms with Gasteiger partial charge in [-0.25, -0.2) is 4.39 Å². The Labute approximate surface area is 127 Å². The van der Waals surface area contributed by atoms with Crippen molar-refractivity contribution in [2.24, 2.45) is 0 Å². The minimum Gasteiger partial charge on any atom is -0.397 e. The standard InChI is InChI=1S/C15H19FN2O2S/c1-9(2)20-7-6-18(3)15(19)14-13(17)11-8-10(16)4-5-12(11)21-14/h4-5,8-9H,6-7,17H2,1-3H3. The van der Waals surface area contributed by atoms with Crippen molar-refractivity contribution >= 4 is 33.0 Å². The predicted octanol–water partition coefficient (Wildman–Crippen LogP) is 3.12. The minimum atomic E-state index is -0.357. The van der Waals surface area contributed by atoms with Gasteiger partial charge in [0.15, 0.2) is 0 Å².